The number of piperazine rings is 1. The fourth-order valence-electron chi connectivity index (χ4n) is 6.29. The molecule has 1 aliphatic heterocycles. The number of aromatic nitrogens is 2. The summed E-state index contributed by atoms with van der Waals surface area (Å²) in [5.74, 6) is -0.284. The molecule has 3 atom stereocenters. The maximum absolute atomic E-state index is 14.5. The number of Topliss-reactive ketones (excluding diaryl/α,β-unsaturated/α-hetero) is 1. The Morgan fingerprint density at radius 3 is 2.33 bits per heavy atom. The van der Waals surface area contributed by atoms with E-state index in [1.54, 1.807) is 11.1 Å². The first-order chi connectivity index (χ1) is 19.0. The third-order valence-electron chi connectivity index (χ3n) is 8.01. The zero-order chi connectivity index (χ0) is 28.6. The van der Waals surface area contributed by atoms with Gasteiger partial charge in [0, 0.05) is 12.6 Å². The summed E-state index contributed by atoms with van der Waals surface area (Å²) in [5.41, 5.74) is 4.58. The minimum Gasteiger partial charge on any atom is -0.342 e. The van der Waals surface area contributed by atoms with Gasteiger partial charge < -0.3 is 10.2 Å². The summed E-state index contributed by atoms with van der Waals surface area (Å²) < 4.78 is 0. The number of nitrogens with one attached hydrogen (secondary N) is 2. The van der Waals surface area contributed by atoms with Crippen molar-refractivity contribution in [2.75, 3.05) is 0 Å². The molecule has 2 amide bonds. The first kappa shape index (κ1) is 27.8. The van der Waals surface area contributed by atoms with Crippen LogP contribution in [0.15, 0.2) is 60.8 Å². The number of carbonyl (C=O) groups excluding carboxylic acids is 3. The highest BCUT2D eigenvalue weighted by Gasteiger charge is 2.49. The number of rotatable bonds is 8. The van der Waals surface area contributed by atoms with Gasteiger partial charge in [0.15, 0.2) is 5.78 Å². The van der Waals surface area contributed by atoms with Gasteiger partial charge in [0.2, 0.25) is 11.8 Å². The number of aromatic amines is 1. The highest BCUT2D eigenvalue weighted by Crippen LogP contribution is 2.38. The number of carbonyl (C=O) groups is 3. The van der Waals surface area contributed by atoms with Crippen LogP contribution in [-0.2, 0) is 27.2 Å². The van der Waals surface area contributed by atoms with Gasteiger partial charge in [-0.1, -0.05) is 77.1 Å². The lowest BCUT2D eigenvalue weighted by atomic mass is 9.82. The van der Waals surface area contributed by atoms with Crippen molar-refractivity contribution in [3.8, 4) is 11.3 Å². The quantitative estimate of drug-likeness (QED) is 0.406. The van der Waals surface area contributed by atoms with E-state index in [9.17, 15) is 14.4 Å². The maximum Gasteiger partial charge on any atom is 0.247 e. The van der Waals surface area contributed by atoms with Gasteiger partial charge in [0.25, 0.3) is 0 Å². The third kappa shape index (κ3) is 5.74. The molecule has 5 rings (SSSR count). The van der Waals surface area contributed by atoms with E-state index in [2.05, 4.69) is 27.6 Å². The molecule has 2 aliphatic rings. The summed E-state index contributed by atoms with van der Waals surface area (Å²) in [6.45, 7) is 10.2. The third-order valence-corrected chi connectivity index (χ3v) is 8.01. The van der Waals surface area contributed by atoms with Gasteiger partial charge in [-0.25, -0.2) is 0 Å². The minimum atomic E-state index is -0.865. The molecule has 0 radical (unpaired) electrons. The van der Waals surface area contributed by atoms with Crippen molar-refractivity contribution in [2.24, 2.45) is 17.3 Å². The Bertz CT molecular complexity index is 1360. The van der Waals surface area contributed by atoms with Crippen LogP contribution >= 0.6 is 0 Å². The van der Waals surface area contributed by atoms with Crippen molar-refractivity contribution in [2.45, 2.75) is 78.4 Å². The number of hydrogen-bond donors (Lipinski definition) is 2. The monoisotopic (exact) mass is 540 g/mol. The summed E-state index contributed by atoms with van der Waals surface area (Å²) in [4.78, 5) is 44.2. The van der Waals surface area contributed by atoms with Gasteiger partial charge in [0.05, 0.1) is 5.69 Å². The summed E-state index contributed by atoms with van der Waals surface area (Å²) in [6, 6.07) is 15.5. The zero-order valence-corrected chi connectivity index (χ0v) is 24.1. The van der Waals surface area contributed by atoms with Gasteiger partial charge in [-0.3, -0.25) is 19.5 Å². The fraction of sp³-hybridized carbons (Fsp3) is 0.455. The second-order valence-corrected chi connectivity index (χ2v) is 13.0. The number of benzene rings is 2. The molecule has 0 spiro atoms. The minimum absolute atomic E-state index is 0.0500. The molecule has 7 heteroatoms. The molecule has 2 N–H and O–H groups in total. The van der Waals surface area contributed by atoms with Crippen molar-refractivity contribution in [3.63, 3.8) is 0 Å². The van der Waals surface area contributed by atoms with Crippen LogP contribution in [0, 0.1) is 17.3 Å². The Labute approximate surface area is 236 Å². The van der Waals surface area contributed by atoms with Crippen LogP contribution < -0.4 is 5.32 Å². The van der Waals surface area contributed by atoms with Crippen LogP contribution in [0.1, 0.15) is 70.2 Å². The van der Waals surface area contributed by atoms with Gasteiger partial charge >= 0.3 is 0 Å². The fourth-order valence-corrected chi connectivity index (χ4v) is 6.29. The van der Waals surface area contributed by atoms with Crippen LogP contribution in [0.2, 0.25) is 0 Å². The van der Waals surface area contributed by atoms with E-state index in [0.717, 1.165) is 24.1 Å². The summed E-state index contributed by atoms with van der Waals surface area (Å²) in [7, 11) is 0. The maximum atomic E-state index is 14.5. The lowest BCUT2D eigenvalue weighted by molar-refractivity contribution is -0.157. The predicted molar refractivity (Wildman–Crippen MR) is 155 cm³/mol. The molecule has 7 nitrogen and oxygen atoms in total. The predicted octanol–water partition coefficient (Wildman–Crippen LogP) is 5.28. The van der Waals surface area contributed by atoms with Crippen LogP contribution in [0.5, 0.6) is 0 Å². The highest BCUT2D eigenvalue weighted by molar-refractivity contribution is 6.01. The molecular formula is C33H40N4O3. The molecule has 2 heterocycles. The average Bonchev–Trinajstić information content (AvgIpc) is 3.57. The molecule has 1 fully saturated rings. The number of fused-ring (bicyclic) bond motifs is 1. The molecule has 2 aromatic carbocycles. The second-order valence-electron chi connectivity index (χ2n) is 13.0. The number of hydrogen-bond acceptors (Lipinski definition) is 4. The molecule has 0 bridgehead atoms. The molecule has 1 aliphatic carbocycles. The van der Waals surface area contributed by atoms with E-state index < -0.39 is 18.1 Å². The van der Waals surface area contributed by atoms with Crippen LogP contribution in [-0.4, -0.2) is 44.8 Å². The van der Waals surface area contributed by atoms with E-state index in [-0.39, 0.29) is 41.3 Å². The Hall–Kier alpha value is -3.74. The molecule has 1 aromatic heterocycles. The first-order valence-electron chi connectivity index (χ1n) is 14.3. The molecule has 40 heavy (non-hydrogen) atoms. The standard InChI is InChI=1S/C33H40N4O3/c1-20(2)15-27-31(39)35-29(25-16-21-9-6-7-10-22(21)17-25)32(40)37(27)30(28(38)19-33(3,4)5)24-12-8-11-23(18-24)26-13-14-34-36-26/h6-14,18,20,25,27,29-30H,15-17,19H2,1-5H3,(H,34,36)(H,35,39)/t27-,29-,30-/m1/s1. The largest absolute Gasteiger partial charge is 0.342 e. The highest BCUT2D eigenvalue weighted by atomic mass is 16.2. The lowest BCUT2D eigenvalue weighted by Gasteiger charge is -2.45. The van der Waals surface area contributed by atoms with E-state index in [0.29, 0.717) is 12.0 Å². The van der Waals surface area contributed by atoms with Gasteiger partial charge in [-0.2, -0.15) is 5.10 Å². The van der Waals surface area contributed by atoms with Gasteiger partial charge in [-0.05, 0) is 70.9 Å². The number of nitrogens with zero attached hydrogens (tertiary/aromatic N) is 2. The van der Waals surface area contributed by atoms with Crippen molar-refractivity contribution in [3.05, 3.63) is 77.5 Å². The Morgan fingerprint density at radius 2 is 1.73 bits per heavy atom. The van der Waals surface area contributed by atoms with Gasteiger partial charge in [0.1, 0.15) is 18.1 Å². The lowest BCUT2D eigenvalue weighted by Crippen LogP contribution is -2.66. The Kier molecular flexibility index (Phi) is 7.67. The summed E-state index contributed by atoms with van der Waals surface area (Å²) >= 11 is 0. The van der Waals surface area contributed by atoms with Crippen molar-refractivity contribution < 1.29 is 14.4 Å². The Balaban J connectivity index is 1.58. The average molecular weight is 541 g/mol. The first-order valence-corrected chi connectivity index (χ1v) is 14.3. The smallest absolute Gasteiger partial charge is 0.247 e. The number of amides is 2. The van der Waals surface area contributed by atoms with Crippen molar-refractivity contribution in [1.29, 1.82) is 0 Å². The van der Waals surface area contributed by atoms with E-state index in [1.807, 2.05) is 77.1 Å². The van der Waals surface area contributed by atoms with E-state index in [4.69, 9.17) is 0 Å². The molecule has 210 valence electrons. The molecule has 0 unspecified atom stereocenters. The normalized spacial score (nSPS) is 20.5. The second kappa shape index (κ2) is 11.0. The molecule has 1 saturated heterocycles. The Morgan fingerprint density at radius 1 is 1.02 bits per heavy atom. The molecule has 3 aromatic rings. The number of H-pyrrole nitrogens is 1. The zero-order valence-electron chi connectivity index (χ0n) is 24.1. The SMILES string of the molecule is CC(C)C[C@@H]1C(=O)N[C@H](C2Cc3ccccc3C2)C(=O)N1[C@@H](C(=O)CC(C)(C)C)c1cccc(-c2ccn[nH]2)c1. The van der Waals surface area contributed by atoms with Crippen molar-refractivity contribution in [1.82, 2.24) is 20.4 Å². The van der Waals surface area contributed by atoms with E-state index in [1.165, 1.54) is 11.1 Å². The summed E-state index contributed by atoms with van der Waals surface area (Å²) in [5, 5.41) is 10.2. The van der Waals surface area contributed by atoms with Crippen molar-refractivity contribution >= 4 is 17.6 Å². The van der Waals surface area contributed by atoms with Gasteiger partial charge in [-0.15, -0.1) is 0 Å². The molecule has 0 saturated carbocycles. The molecular weight excluding hydrogens is 500 g/mol. The van der Waals surface area contributed by atoms with Crippen LogP contribution in [0.25, 0.3) is 11.3 Å². The van der Waals surface area contributed by atoms with Crippen LogP contribution in [0.4, 0.5) is 0 Å². The number of ketones is 1. The van der Waals surface area contributed by atoms with Crippen LogP contribution in [0.3, 0.4) is 0 Å². The summed E-state index contributed by atoms with van der Waals surface area (Å²) in [6.07, 6.45) is 3.91. The topological polar surface area (TPSA) is 95.2 Å². The van der Waals surface area contributed by atoms with E-state index >= 15 is 0 Å².